The molecule has 1 saturated carbocycles. The van der Waals surface area contributed by atoms with E-state index in [1.165, 1.54) is 25.7 Å². The van der Waals surface area contributed by atoms with E-state index >= 15 is 0 Å². The number of nitrogens with zero attached hydrogens (tertiary/aromatic N) is 1. The molecule has 0 aromatic heterocycles. The molecule has 122 valence electrons. The number of carbonyl (C=O) groups is 1. The van der Waals surface area contributed by atoms with Gasteiger partial charge in [-0.3, -0.25) is 4.79 Å². The van der Waals surface area contributed by atoms with Crippen LogP contribution < -0.4 is 5.32 Å². The van der Waals surface area contributed by atoms with Crippen LogP contribution in [0.5, 0.6) is 0 Å². The number of fused-ring (bicyclic) bond motifs is 1. The van der Waals surface area contributed by atoms with Crippen molar-refractivity contribution in [1.82, 2.24) is 10.2 Å². The van der Waals surface area contributed by atoms with Crippen molar-refractivity contribution in [3.8, 4) is 0 Å². The van der Waals surface area contributed by atoms with Gasteiger partial charge in [0.15, 0.2) is 0 Å². The Bertz CT molecular complexity index is 342. The highest BCUT2D eigenvalue weighted by atomic mass is 35.5. The number of aliphatic hydroxyl groups is 1. The van der Waals surface area contributed by atoms with Gasteiger partial charge in [-0.25, -0.2) is 0 Å². The number of halogens is 1. The van der Waals surface area contributed by atoms with Gasteiger partial charge in [0, 0.05) is 19.1 Å². The van der Waals surface area contributed by atoms with E-state index in [1.807, 2.05) is 11.8 Å². The van der Waals surface area contributed by atoms with E-state index < -0.39 is 0 Å². The minimum Gasteiger partial charge on any atom is -0.393 e. The van der Waals surface area contributed by atoms with Crippen molar-refractivity contribution < 1.29 is 9.90 Å². The molecule has 2 aliphatic heterocycles. The Morgan fingerprint density at radius 1 is 1.19 bits per heavy atom. The minimum atomic E-state index is -0.236. The van der Waals surface area contributed by atoms with Gasteiger partial charge < -0.3 is 15.3 Å². The van der Waals surface area contributed by atoms with Crippen molar-refractivity contribution in [2.24, 2.45) is 11.8 Å². The average molecular weight is 317 g/mol. The number of aliphatic hydroxyl groups excluding tert-OH is 1. The van der Waals surface area contributed by atoms with Gasteiger partial charge in [0.1, 0.15) is 0 Å². The van der Waals surface area contributed by atoms with E-state index in [0.29, 0.717) is 17.9 Å². The van der Waals surface area contributed by atoms with Gasteiger partial charge in [0.05, 0.1) is 12.1 Å². The lowest BCUT2D eigenvalue weighted by atomic mass is 9.85. The second kappa shape index (κ2) is 7.30. The maximum Gasteiger partial charge on any atom is 0.239 e. The van der Waals surface area contributed by atoms with Crippen LogP contribution in [0.4, 0.5) is 0 Å². The summed E-state index contributed by atoms with van der Waals surface area (Å²) in [4.78, 5) is 14.6. The summed E-state index contributed by atoms with van der Waals surface area (Å²) in [5, 5.41) is 13.2. The molecule has 3 aliphatic rings. The summed E-state index contributed by atoms with van der Waals surface area (Å²) >= 11 is 0. The van der Waals surface area contributed by atoms with Crippen molar-refractivity contribution in [3.05, 3.63) is 0 Å². The van der Waals surface area contributed by atoms with E-state index in [2.05, 4.69) is 5.32 Å². The molecule has 4 nitrogen and oxygen atoms in total. The first-order valence-corrected chi connectivity index (χ1v) is 8.38. The van der Waals surface area contributed by atoms with E-state index in [4.69, 9.17) is 0 Å². The molecule has 0 aromatic carbocycles. The highest BCUT2D eigenvalue weighted by molar-refractivity contribution is 5.85. The van der Waals surface area contributed by atoms with Crippen molar-refractivity contribution in [3.63, 3.8) is 0 Å². The molecule has 0 bridgehead atoms. The smallest absolute Gasteiger partial charge is 0.239 e. The third kappa shape index (κ3) is 3.72. The quantitative estimate of drug-likeness (QED) is 0.818. The number of amides is 1. The average Bonchev–Trinajstić information content (AvgIpc) is 2.90. The fourth-order valence-corrected chi connectivity index (χ4v) is 4.33. The Morgan fingerprint density at radius 3 is 2.48 bits per heavy atom. The Kier molecular flexibility index (Phi) is 5.92. The molecule has 3 rings (SSSR count). The van der Waals surface area contributed by atoms with E-state index in [9.17, 15) is 9.90 Å². The van der Waals surface area contributed by atoms with Gasteiger partial charge >= 0.3 is 0 Å². The molecular formula is C16H29ClN2O2. The van der Waals surface area contributed by atoms with Crippen LogP contribution in [0, 0.1) is 11.8 Å². The Hall–Kier alpha value is -0.320. The summed E-state index contributed by atoms with van der Waals surface area (Å²) < 4.78 is 0. The molecular weight excluding hydrogens is 288 g/mol. The molecule has 0 radical (unpaired) electrons. The summed E-state index contributed by atoms with van der Waals surface area (Å²) in [6.07, 6.45) is 7.90. The minimum absolute atomic E-state index is 0. The second-order valence-electron chi connectivity index (χ2n) is 7.01. The van der Waals surface area contributed by atoms with Crippen LogP contribution in [-0.4, -0.2) is 47.2 Å². The molecule has 4 atom stereocenters. The lowest BCUT2D eigenvalue weighted by Crippen LogP contribution is -2.49. The second-order valence-corrected chi connectivity index (χ2v) is 7.01. The molecule has 2 N–H and O–H groups in total. The zero-order valence-corrected chi connectivity index (χ0v) is 13.8. The maximum atomic E-state index is 12.6. The van der Waals surface area contributed by atoms with E-state index in [1.54, 1.807) is 0 Å². The highest BCUT2D eigenvalue weighted by Gasteiger charge is 2.40. The number of likely N-dealkylation sites (tertiary alicyclic amines) is 1. The van der Waals surface area contributed by atoms with Crippen molar-refractivity contribution in [2.45, 2.75) is 70.1 Å². The fourth-order valence-electron chi connectivity index (χ4n) is 4.33. The number of hydrogen-bond acceptors (Lipinski definition) is 3. The van der Waals surface area contributed by atoms with Crippen molar-refractivity contribution in [2.75, 3.05) is 13.1 Å². The van der Waals surface area contributed by atoms with Crippen LogP contribution in [0.1, 0.15) is 51.9 Å². The summed E-state index contributed by atoms with van der Waals surface area (Å²) in [6, 6.07) is 0.652. The van der Waals surface area contributed by atoms with Crippen LogP contribution in [0.3, 0.4) is 0 Å². The Labute approximate surface area is 134 Å². The molecule has 3 fully saturated rings. The van der Waals surface area contributed by atoms with Gasteiger partial charge in [0.25, 0.3) is 0 Å². The largest absolute Gasteiger partial charge is 0.393 e. The van der Waals surface area contributed by atoms with Crippen LogP contribution >= 0.6 is 12.4 Å². The maximum absolute atomic E-state index is 12.6. The SMILES string of the molecule is CC(O)C1CCN(C(=O)C2CC3CCCCC3N2)CC1.Cl. The number of carbonyl (C=O) groups excluding carboxylic acids is 1. The molecule has 1 amide bonds. The topological polar surface area (TPSA) is 52.6 Å². The van der Waals surface area contributed by atoms with Crippen LogP contribution in [0.15, 0.2) is 0 Å². The van der Waals surface area contributed by atoms with Gasteiger partial charge in [0.2, 0.25) is 5.91 Å². The van der Waals surface area contributed by atoms with Crippen LogP contribution in [0.2, 0.25) is 0 Å². The molecule has 0 aromatic rings. The van der Waals surface area contributed by atoms with Gasteiger partial charge in [-0.2, -0.15) is 0 Å². The molecule has 2 saturated heterocycles. The normalized spacial score (nSPS) is 35.0. The summed E-state index contributed by atoms with van der Waals surface area (Å²) in [5.74, 6) is 1.41. The molecule has 0 spiro atoms. The van der Waals surface area contributed by atoms with Gasteiger partial charge in [-0.1, -0.05) is 12.8 Å². The Morgan fingerprint density at radius 2 is 1.86 bits per heavy atom. The molecule has 21 heavy (non-hydrogen) atoms. The zero-order chi connectivity index (χ0) is 14.1. The fraction of sp³-hybridized carbons (Fsp3) is 0.938. The third-order valence-corrected chi connectivity index (χ3v) is 5.69. The monoisotopic (exact) mass is 316 g/mol. The summed E-state index contributed by atoms with van der Waals surface area (Å²) in [7, 11) is 0. The Balaban J connectivity index is 0.00000161. The van der Waals surface area contributed by atoms with Gasteiger partial charge in [-0.05, 0) is 50.9 Å². The van der Waals surface area contributed by atoms with Crippen molar-refractivity contribution >= 4 is 18.3 Å². The predicted molar refractivity (Wildman–Crippen MR) is 85.5 cm³/mol. The lowest BCUT2D eigenvalue weighted by molar-refractivity contribution is -0.135. The van der Waals surface area contributed by atoms with E-state index in [-0.39, 0.29) is 24.6 Å². The molecule has 2 heterocycles. The van der Waals surface area contributed by atoms with E-state index in [0.717, 1.165) is 38.3 Å². The number of piperidine rings is 1. The zero-order valence-electron chi connectivity index (χ0n) is 13.0. The van der Waals surface area contributed by atoms with Crippen LogP contribution in [-0.2, 0) is 4.79 Å². The summed E-state index contributed by atoms with van der Waals surface area (Å²) in [6.45, 7) is 3.51. The number of nitrogens with one attached hydrogen (secondary N) is 1. The van der Waals surface area contributed by atoms with Crippen LogP contribution in [0.25, 0.3) is 0 Å². The highest BCUT2D eigenvalue weighted by Crippen LogP contribution is 2.34. The number of rotatable bonds is 2. The predicted octanol–water partition coefficient (Wildman–Crippen LogP) is 1.95. The number of hydrogen-bond donors (Lipinski definition) is 2. The standard InChI is InChI=1S/C16H28N2O2.ClH/c1-11(19)12-6-8-18(9-7-12)16(20)15-10-13-4-2-3-5-14(13)17-15;/h11-15,17,19H,2-10H2,1H3;1H. The molecule has 1 aliphatic carbocycles. The lowest BCUT2D eigenvalue weighted by Gasteiger charge is -2.34. The third-order valence-electron chi connectivity index (χ3n) is 5.69. The first-order chi connectivity index (χ1) is 9.65. The van der Waals surface area contributed by atoms with Crippen molar-refractivity contribution in [1.29, 1.82) is 0 Å². The summed E-state index contributed by atoms with van der Waals surface area (Å²) in [5.41, 5.74) is 0. The van der Waals surface area contributed by atoms with Gasteiger partial charge in [-0.15, -0.1) is 12.4 Å². The first kappa shape index (κ1) is 17.0. The first-order valence-electron chi connectivity index (χ1n) is 8.38. The molecule has 5 heteroatoms. The molecule has 4 unspecified atom stereocenters.